The number of aliphatic carboxylic acids is 1. The molecule has 0 radical (unpaired) electrons. The minimum absolute atomic E-state index is 1.48. The second-order valence-electron chi connectivity index (χ2n) is 3.09. The highest BCUT2D eigenvalue weighted by molar-refractivity contribution is 5.76. The molecule has 3 nitrogen and oxygen atoms in total. The molecule has 0 rings (SSSR count). The van der Waals surface area contributed by atoms with Crippen LogP contribution in [0.5, 0.6) is 0 Å². The van der Waals surface area contributed by atoms with Crippen molar-refractivity contribution in [1.29, 1.82) is 0 Å². The lowest BCUT2D eigenvalue weighted by Crippen LogP contribution is -2.60. The molecule has 0 saturated carbocycles. The molecule has 0 heterocycles. The first-order valence-corrected chi connectivity index (χ1v) is 3.91. The first-order chi connectivity index (χ1) is 8.40. The van der Waals surface area contributed by atoms with Crippen molar-refractivity contribution in [3.05, 3.63) is 0 Å². The summed E-state index contributed by atoms with van der Waals surface area (Å²) < 4.78 is 134. The van der Waals surface area contributed by atoms with Gasteiger partial charge in [-0.15, -0.1) is 0 Å². The summed E-state index contributed by atoms with van der Waals surface area (Å²) in [5, 5.41) is 7.57. The maximum atomic E-state index is 12.3. The molecule has 0 aromatic heterocycles. The van der Waals surface area contributed by atoms with Crippen LogP contribution in [0.3, 0.4) is 0 Å². The summed E-state index contributed by atoms with van der Waals surface area (Å²) in [5.41, 5.74) is 0. The molecule has 0 unspecified atom stereocenters. The molecule has 20 heavy (non-hydrogen) atoms. The summed E-state index contributed by atoms with van der Waals surface area (Å²) in [6.07, 6.45) is -21.1. The molecule has 0 bridgehead atoms. The molecule has 0 fully saturated rings. The van der Waals surface area contributed by atoms with Gasteiger partial charge in [-0.05, 0) is 0 Å². The minimum atomic E-state index is -7.27. The Kier molecular flexibility index (Phi) is 4.29. The Hall–Kier alpha value is -1.34. The van der Waals surface area contributed by atoms with Crippen molar-refractivity contribution in [2.45, 2.75) is 30.2 Å². The maximum absolute atomic E-state index is 12.3. The molecule has 0 spiro atoms. The van der Waals surface area contributed by atoms with Crippen LogP contribution in [-0.4, -0.2) is 41.3 Å². The van der Waals surface area contributed by atoms with Crippen molar-refractivity contribution in [2.75, 3.05) is 0 Å². The normalized spacial score (nSPS) is 15.3. The number of hydrogen-bond acceptors (Lipinski definition) is 2. The number of carbonyl (C=O) groups is 1. The Morgan fingerprint density at radius 3 is 1.35 bits per heavy atom. The number of ether oxygens (including phenoxy) is 1. The summed E-state index contributed by atoms with van der Waals surface area (Å²) in [6, 6.07) is 0. The van der Waals surface area contributed by atoms with E-state index in [1.54, 1.807) is 0 Å². The van der Waals surface area contributed by atoms with Crippen molar-refractivity contribution in [1.82, 2.24) is 0 Å². The average molecular weight is 330 g/mol. The lowest BCUT2D eigenvalue weighted by Gasteiger charge is -2.31. The monoisotopic (exact) mass is 330 g/mol. The largest absolute Gasteiger partial charge is 0.477 e. The van der Waals surface area contributed by atoms with Gasteiger partial charge in [0.15, 0.2) is 0 Å². The second kappa shape index (κ2) is 4.60. The lowest BCUT2D eigenvalue weighted by molar-refractivity contribution is -0.491. The molecule has 0 aliphatic carbocycles. The minimum Gasteiger partial charge on any atom is -0.477 e. The number of alkyl halides is 11. The molecule has 0 aromatic rings. The van der Waals surface area contributed by atoms with E-state index in [0.29, 0.717) is 0 Å². The average Bonchev–Trinajstić information content (AvgIpc) is 2.12. The van der Waals surface area contributed by atoms with Crippen molar-refractivity contribution in [3.63, 3.8) is 0 Å². The first-order valence-electron chi connectivity index (χ1n) is 3.91. The van der Waals surface area contributed by atoms with Crippen LogP contribution in [0.25, 0.3) is 0 Å². The zero-order valence-corrected chi connectivity index (χ0v) is 8.42. The number of carboxylic acid groups (broad SMARTS) is 1. The van der Waals surface area contributed by atoms with Gasteiger partial charge in [-0.3, -0.25) is 0 Å². The van der Waals surface area contributed by atoms with Gasteiger partial charge in [0.2, 0.25) is 0 Å². The van der Waals surface area contributed by atoms with E-state index in [-0.39, 0.29) is 0 Å². The van der Waals surface area contributed by atoms with Gasteiger partial charge in [0, 0.05) is 0 Å². The molecule has 0 saturated heterocycles. The Balaban J connectivity index is 5.56. The molecule has 0 atom stereocenters. The van der Waals surface area contributed by atoms with Gasteiger partial charge < -0.3 is 5.11 Å². The van der Waals surface area contributed by atoms with Crippen LogP contribution in [0.4, 0.5) is 48.3 Å². The van der Waals surface area contributed by atoms with E-state index in [2.05, 4.69) is 0 Å². The van der Waals surface area contributed by atoms with Gasteiger partial charge >= 0.3 is 36.2 Å². The fraction of sp³-hybridized carbons (Fsp3) is 0.833. The second-order valence-corrected chi connectivity index (χ2v) is 3.09. The highest BCUT2D eigenvalue weighted by Crippen LogP contribution is 2.50. The van der Waals surface area contributed by atoms with Gasteiger partial charge in [0.05, 0.1) is 0 Å². The summed E-state index contributed by atoms with van der Waals surface area (Å²) in [4.78, 5) is 9.64. The van der Waals surface area contributed by atoms with E-state index < -0.39 is 36.2 Å². The summed E-state index contributed by atoms with van der Waals surface area (Å²) in [5.74, 6) is -17.5. The van der Waals surface area contributed by atoms with E-state index in [1.165, 1.54) is 4.74 Å². The predicted octanol–water partition coefficient (Wildman–Crippen LogP) is 3.11. The SMILES string of the molecule is O=C(O)C(F)(F)C(F)(F)OC(F)(F)C(F)(F)C(F)(F)F. The van der Waals surface area contributed by atoms with Gasteiger partial charge in [-0.2, -0.15) is 48.3 Å². The molecule has 0 aliphatic heterocycles. The summed E-state index contributed by atoms with van der Waals surface area (Å²) >= 11 is 0. The first kappa shape index (κ1) is 18.7. The lowest BCUT2D eigenvalue weighted by atomic mass is 10.3. The van der Waals surface area contributed by atoms with Gasteiger partial charge in [0.1, 0.15) is 0 Å². The Labute approximate surface area is 100 Å². The number of rotatable bonds is 5. The van der Waals surface area contributed by atoms with Crippen LogP contribution in [0.15, 0.2) is 0 Å². The van der Waals surface area contributed by atoms with Crippen molar-refractivity contribution in [2.24, 2.45) is 0 Å². The molecule has 0 amide bonds. The molecule has 0 aliphatic rings. The van der Waals surface area contributed by atoms with Crippen molar-refractivity contribution in [3.8, 4) is 0 Å². The smallest absolute Gasteiger partial charge is 0.462 e. The van der Waals surface area contributed by atoms with Crippen molar-refractivity contribution < 1.29 is 62.9 Å². The van der Waals surface area contributed by atoms with Crippen molar-refractivity contribution >= 4 is 5.97 Å². The van der Waals surface area contributed by atoms with Crippen LogP contribution in [0, 0.1) is 0 Å². The zero-order valence-electron chi connectivity index (χ0n) is 8.42. The van der Waals surface area contributed by atoms with Crippen LogP contribution < -0.4 is 0 Å². The van der Waals surface area contributed by atoms with E-state index in [4.69, 9.17) is 5.11 Å². The molecule has 1 N–H and O–H groups in total. The Morgan fingerprint density at radius 1 is 0.750 bits per heavy atom. The van der Waals surface area contributed by atoms with E-state index in [0.717, 1.165) is 0 Å². The highest BCUT2D eigenvalue weighted by atomic mass is 19.4. The van der Waals surface area contributed by atoms with Crippen LogP contribution in [0.1, 0.15) is 0 Å². The predicted molar refractivity (Wildman–Crippen MR) is 34.6 cm³/mol. The van der Waals surface area contributed by atoms with Gasteiger partial charge in [-0.1, -0.05) is 0 Å². The number of carboxylic acids is 1. The number of hydrogen-bond donors (Lipinski definition) is 1. The number of halogens is 11. The van der Waals surface area contributed by atoms with Gasteiger partial charge in [0.25, 0.3) is 0 Å². The summed E-state index contributed by atoms with van der Waals surface area (Å²) in [7, 11) is 0. The third-order valence-corrected chi connectivity index (χ3v) is 1.61. The summed E-state index contributed by atoms with van der Waals surface area (Å²) in [6.45, 7) is 0. The van der Waals surface area contributed by atoms with E-state index in [9.17, 15) is 53.1 Å². The fourth-order valence-electron chi connectivity index (χ4n) is 0.579. The van der Waals surface area contributed by atoms with E-state index in [1.807, 2.05) is 0 Å². The Morgan fingerprint density at radius 2 is 1.10 bits per heavy atom. The molecule has 0 aromatic carbocycles. The molecule has 14 heteroatoms. The maximum Gasteiger partial charge on any atom is 0.462 e. The third kappa shape index (κ3) is 2.88. The van der Waals surface area contributed by atoms with Crippen LogP contribution in [-0.2, 0) is 9.53 Å². The highest BCUT2D eigenvalue weighted by Gasteiger charge is 2.79. The fourth-order valence-corrected chi connectivity index (χ4v) is 0.579. The van der Waals surface area contributed by atoms with Gasteiger partial charge in [-0.25, -0.2) is 9.53 Å². The Bertz CT molecular complexity index is 384. The quantitative estimate of drug-likeness (QED) is 0.788. The molecule has 120 valence electrons. The topological polar surface area (TPSA) is 46.5 Å². The van der Waals surface area contributed by atoms with Crippen LogP contribution >= 0.6 is 0 Å². The van der Waals surface area contributed by atoms with Crippen LogP contribution in [0.2, 0.25) is 0 Å². The third-order valence-electron chi connectivity index (χ3n) is 1.61. The standard InChI is InChI=1S/C6HF11O3/c7-2(8,1(18)19)5(14,15)20-6(16,17)3(9,10)4(11,12)13/h(H,18,19). The molecular formula is C6HF11O3. The van der Waals surface area contributed by atoms with E-state index >= 15 is 0 Å². The molecular weight excluding hydrogens is 329 g/mol. The zero-order chi connectivity index (χ0) is 16.8.